The van der Waals surface area contributed by atoms with Crippen LogP contribution in [0.25, 0.3) is 39.0 Å². The molecular formula is C26H28N2S5. The number of rotatable bonds is 6. The van der Waals surface area contributed by atoms with E-state index in [-0.39, 0.29) is 0 Å². The fourth-order valence-corrected chi connectivity index (χ4v) is 9.11. The molecule has 0 saturated heterocycles. The van der Waals surface area contributed by atoms with E-state index in [1.54, 1.807) is 0 Å². The van der Waals surface area contributed by atoms with Gasteiger partial charge in [0.1, 0.15) is 0 Å². The molecule has 33 heavy (non-hydrogen) atoms. The number of hydrogen-bond donors (Lipinski definition) is 2. The molecule has 0 aliphatic carbocycles. The summed E-state index contributed by atoms with van der Waals surface area (Å²) in [6.45, 7) is 9.41. The molecule has 0 fully saturated rings. The van der Waals surface area contributed by atoms with Crippen LogP contribution < -0.4 is 11.5 Å². The number of hydrogen-bond acceptors (Lipinski definition) is 7. The maximum absolute atomic E-state index is 6.12. The van der Waals surface area contributed by atoms with Crippen LogP contribution in [0.15, 0.2) is 48.5 Å². The van der Waals surface area contributed by atoms with Crippen molar-refractivity contribution in [3.63, 3.8) is 0 Å². The summed E-state index contributed by atoms with van der Waals surface area (Å²) in [5.41, 5.74) is 14.7. The molecular weight excluding hydrogens is 501 g/mol. The van der Waals surface area contributed by atoms with Crippen molar-refractivity contribution in [2.45, 2.75) is 40.8 Å². The van der Waals surface area contributed by atoms with Crippen molar-refractivity contribution in [3.05, 3.63) is 69.4 Å². The molecule has 7 heteroatoms. The Morgan fingerprint density at radius 1 is 0.515 bits per heavy atom. The molecule has 4 N–H and O–H groups in total. The Balaban J connectivity index is 0.00000126. The van der Waals surface area contributed by atoms with Gasteiger partial charge in [-0.3, -0.25) is 0 Å². The Bertz CT molecular complexity index is 1240. The largest absolute Gasteiger partial charge is 0.326 e. The Hall–Kier alpha value is -1.58. The van der Waals surface area contributed by atoms with Gasteiger partial charge < -0.3 is 11.5 Å². The summed E-state index contributed by atoms with van der Waals surface area (Å²) >= 11 is 9.22. The standard InChI is InChI=1S/C24H22N2S5.C2H6/c1-13-3-5-17(27-13)21-9-15(11-25)23(30-21)19-7-8-20(29-19)24-16(12-26)10-22(31-24)18-6-4-14(2)28-18;1-2/h3-10H,11-12,25-26H2,1-2H3;1-2H3. The smallest absolute Gasteiger partial charge is 0.0494 e. The van der Waals surface area contributed by atoms with E-state index in [1.165, 1.54) is 59.9 Å². The molecule has 0 saturated carbocycles. The van der Waals surface area contributed by atoms with Gasteiger partial charge in [-0.2, -0.15) is 0 Å². The molecule has 0 aliphatic heterocycles. The number of thiophene rings is 5. The summed E-state index contributed by atoms with van der Waals surface area (Å²) < 4.78 is 0. The van der Waals surface area contributed by atoms with Gasteiger partial charge in [-0.25, -0.2) is 0 Å². The molecule has 0 unspecified atom stereocenters. The Labute approximate surface area is 216 Å². The zero-order valence-electron chi connectivity index (χ0n) is 19.2. The first-order valence-corrected chi connectivity index (χ1v) is 15.0. The van der Waals surface area contributed by atoms with Crippen LogP contribution in [-0.2, 0) is 13.1 Å². The predicted molar refractivity (Wildman–Crippen MR) is 154 cm³/mol. The topological polar surface area (TPSA) is 52.0 Å². The predicted octanol–water partition coefficient (Wildman–Crippen LogP) is 9.22. The van der Waals surface area contributed by atoms with Gasteiger partial charge in [0.2, 0.25) is 0 Å². The van der Waals surface area contributed by atoms with Crippen molar-refractivity contribution >= 4 is 56.7 Å². The molecule has 0 radical (unpaired) electrons. The quantitative estimate of drug-likeness (QED) is 0.231. The van der Waals surface area contributed by atoms with E-state index in [0.29, 0.717) is 13.1 Å². The number of aryl methyl sites for hydroxylation is 2. The van der Waals surface area contributed by atoms with Crippen LogP contribution in [0.1, 0.15) is 34.7 Å². The van der Waals surface area contributed by atoms with Crippen molar-refractivity contribution < 1.29 is 0 Å². The second-order valence-corrected chi connectivity index (χ2v) is 13.1. The average molecular weight is 529 g/mol. The SMILES string of the molecule is CC.Cc1ccc(-c2cc(CN)c(-c3ccc(-c4sc(-c5ccc(C)s5)cc4CN)s3)s2)s1. The van der Waals surface area contributed by atoms with E-state index in [4.69, 9.17) is 11.5 Å². The lowest BCUT2D eigenvalue weighted by Crippen LogP contribution is -1.95. The van der Waals surface area contributed by atoms with Gasteiger partial charge in [0, 0.05) is 61.9 Å². The minimum atomic E-state index is 0.554. The third-order valence-corrected chi connectivity index (χ3v) is 11.3. The Morgan fingerprint density at radius 2 is 0.909 bits per heavy atom. The molecule has 0 aromatic carbocycles. The lowest BCUT2D eigenvalue weighted by Gasteiger charge is -1.98. The van der Waals surface area contributed by atoms with E-state index in [2.05, 4.69) is 62.4 Å². The van der Waals surface area contributed by atoms with Gasteiger partial charge in [0.25, 0.3) is 0 Å². The molecule has 5 rings (SSSR count). The maximum Gasteiger partial charge on any atom is 0.0494 e. The van der Waals surface area contributed by atoms with E-state index in [9.17, 15) is 0 Å². The molecule has 5 heterocycles. The Kier molecular flexibility index (Phi) is 8.02. The van der Waals surface area contributed by atoms with Crippen molar-refractivity contribution in [2.75, 3.05) is 0 Å². The summed E-state index contributed by atoms with van der Waals surface area (Å²) in [6.07, 6.45) is 0. The van der Waals surface area contributed by atoms with Crippen LogP contribution in [0.4, 0.5) is 0 Å². The fraction of sp³-hybridized carbons (Fsp3) is 0.231. The lowest BCUT2D eigenvalue weighted by atomic mass is 10.2. The highest BCUT2D eigenvalue weighted by molar-refractivity contribution is 7.29. The first-order valence-electron chi connectivity index (χ1n) is 11.0. The van der Waals surface area contributed by atoms with Crippen LogP contribution in [0.5, 0.6) is 0 Å². The second kappa shape index (κ2) is 10.8. The second-order valence-electron chi connectivity index (χ2n) is 7.32. The fourth-order valence-electron chi connectivity index (χ4n) is 3.54. The third kappa shape index (κ3) is 5.10. The zero-order chi connectivity index (χ0) is 23.5. The van der Waals surface area contributed by atoms with Crippen molar-refractivity contribution in [3.8, 4) is 39.0 Å². The molecule has 0 atom stereocenters. The summed E-state index contributed by atoms with van der Waals surface area (Å²) in [5, 5.41) is 0. The first kappa shape index (κ1) is 24.5. The maximum atomic E-state index is 6.12. The molecule has 0 bridgehead atoms. The third-order valence-electron chi connectivity index (χ3n) is 5.08. The van der Waals surface area contributed by atoms with Crippen LogP contribution in [-0.4, -0.2) is 0 Å². The lowest BCUT2D eigenvalue weighted by molar-refractivity contribution is 1.09. The average Bonchev–Trinajstić information content (AvgIpc) is 3.63. The molecule has 0 spiro atoms. The number of nitrogens with two attached hydrogens (primary N) is 2. The highest BCUT2D eigenvalue weighted by Gasteiger charge is 2.18. The van der Waals surface area contributed by atoms with E-state index in [0.717, 1.165) is 0 Å². The summed E-state index contributed by atoms with van der Waals surface area (Å²) in [4.78, 5) is 13.1. The van der Waals surface area contributed by atoms with Gasteiger partial charge >= 0.3 is 0 Å². The molecule has 172 valence electrons. The van der Waals surface area contributed by atoms with Crippen molar-refractivity contribution in [2.24, 2.45) is 11.5 Å². The molecule has 5 aromatic rings. The molecule has 0 aliphatic rings. The van der Waals surface area contributed by atoms with E-state index < -0.39 is 0 Å². The van der Waals surface area contributed by atoms with Crippen LogP contribution in [0, 0.1) is 13.8 Å². The van der Waals surface area contributed by atoms with Crippen LogP contribution >= 0.6 is 56.7 Å². The normalized spacial score (nSPS) is 11.0. The van der Waals surface area contributed by atoms with Gasteiger partial charge in [-0.1, -0.05) is 13.8 Å². The van der Waals surface area contributed by atoms with Gasteiger partial charge in [-0.15, -0.1) is 56.7 Å². The van der Waals surface area contributed by atoms with E-state index in [1.807, 2.05) is 70.5 Å². The van der Waals surface area contributed by atoms with Gasteiger partial charge in [-0.05, 0) is 73.5 Å². The zero-order valence-corrected chi connectivity index (χ0v) is 23.3. The van der Waals surface area contributed by atoms with Crippen LogP contribution in [0.2, 0.25) is 0 Å². The van der Waals surface area contributed by atoms with Crippen molar-refractivity contribution in [1.82, 2.24) is 0 Å². The Morgan fingerprint density at radius 3 is 1.24 bits per heavy atom. The highest BCUT2D eigenvalue weighted by atomic mass is 32.1. The highest BCUT2D eigenvalue weighted by Crippen LogP contribution is 2.47. The monoisotopic (exact) mass is 528 g/mol. The first-order chi connectivity index (χ1) is 16.1. The minimum Gasteiger partial charge on any atom is -0.326 e. The summed E-state index contributed by atoms with van der Waals surface area (Å²) in [5.74, 6) is 0. The van der Waals surface area contributed by atoms with Crippen molar-refractivity contribution in [1.29, 1.82) is 0 Å². The van der Waals surface area contributed by atoms with Gasteiger partial charge in [0.15, 0.2) is 0 Å². The van der Waals surface area contributed by atoms with E-state index >= 15 is 0 Å². The minimum absolute atomic E-state index is 0.554. The summed E-state index contributed by atoms with van der Waals surface area (Å²) in [6, 6.07) is 17.8. The molecule has 5 aromatic heterocycles. The van der Waals surface area contributed by atoms with Crippen LogP contribution in [0.3, 0.4) is 0 Å². The molecule has 0 amide bonds. The van der Waals surface area contributed by atoms with Gasteiger partial charge in [0.05, 0.1) is 0 Å². The molecule has 2 nitrogen and oxygen atoms in total. The summed E-state index contributed by atoms with van der Waals surface area (Å²) in [7, 11) is 0.